The van der Waals surface area contributed by atoms with Crippen molar-refractivity contribution in [1.29, 1.82) is 0 Å². The maximum atomic E-state index is 12.6. The Morgan fingerprint density at radius 1 is 1.00 bits per heavy atom. The zero-order valence-electron chi connectivity index (χ0n) is 15.7. The van der Waals surface area contributed by atoms with Gasteiger partial charge in [0.15, 0.2) is 0 Å². The first kappa shape index (κ1) is 17.8. The number of likely N-dealkylation sites (tertiary alicyclic amines) is 1. The molecule has 4 nitrogen and oxygen atoms in total. The van der Waals surface area contributed by atoms with E-state index in [-0.39, 0.29) is 5.91 Å². The lowest BCUT2D eigenvalue weighted by Gasteiger charge is -2.32. The Kier molecular flexibility index (Phi) is 5.52. The van der Waals surface area contributed by atoms with Crippen LogP contribution in [0.5, 0.6) is 0 Å². The van der Waals surface area contributed by atoms with Crippen molar-refractivity contribution in [1.82, 2.24) is 14.9 Å². The number of hydrogen-bond acceptors (Lipinski definition) is 2. The van der Waals surface area contributed by atoms with Crippen LogP contribution in [-0.2, 0) is 17.6 Å². The standard InChI is InChI=1S/C23H27N3O/c27-23(13-12-22-24-20-8-4-5-9-21(20)25-22)26-16-14-19(15-17-26)11-10-18-6-2-1-3-7-18/h1-9,19H,10-17H2,(H,24,25). The summed E-state index contributed by atoms with van der Waals surface area (Å²) in [6, 6.07) is 18.7. The van der Waals surface area contributed by atoms with Crippen LogP contribution in [-0.4, -0.2) is 33.9 Å². The van der Waals surface area contributed by atoms with E-state index in [4.69, 9.17) is 0 Å². The van der Waals surface area contributed by atoms with Crippen LogP contribution in [0, 0.1) is 5.92 Å². The van der Waals surface area contributed by atoms with Crippen molar-refractivity contribution in [3.8, 4) is 0 Å². The Morgan fingerprint density at radius 2 is 1.74 bits per heavy atom. The molecule has 2 aromatic carbocycles. The number of carbonyl (C=O) groups excluding carboxylic acids is 1. The number of para-hydroxylation sites is 2. The van der Waals surface area contributed by atoms with Gasteiger partial charge in [-0.05, 0) is 49.3 Å². The van der Waals surface area contributed by atoms with E-state index in [2.05, 4.69) is 40.3 Å². The number of imidazole rings is 1. The lowest BCUT2D eigenvalue weighted by molar-refractivity contribution is -0.132. The molecule has 0 spiro atoms. The summed E-state index contributed by atoms with van der Waals surface area (Å²) in [6.07, 6.45) is 5.85. The molecular formula is C23H27N3O. The van der Waals surface area contributed by atoms with Gasteiger partial charge in [-0.15, -0.1) is 0 Å². The number of amides is 1. The van der Waals surface area contributed by atoms with Gasteiger partial charge in [0.25, 0.3) is 0 Å². The molecule has 0 aliphatic carbocycles. The van der Waals surface area contributed by atoms with E-state index in [1.54, 1.807) is 0 Å². The molecule has 27 heavy (non-hydrogen) atoms. The average Bonchev–Trinajstić information content (AvgIpc) is 3.15. The van der Waals surface area contributed by atoms with Gasteiger partial charge in [-0.1, -0.05) is 42.5 Å². The second kappa shape index (κ2) is 8.38. The summed E-state index contributed by atoms with van der Waals surface area (Å²) in [5.41, 5.74) is 3.43. The highest BCUT2D eigenvalue weighted by Gasteiger charge is 2.22. The lowest BCUT2D eigenvalue weighted by Crippen LogP contribution is -2.38. The predicted molar refractivity (Wildman–Crippen MR) is 108 cm³/mol. The third-order valence-corrected chi connectivity index (χ3v) is 5.67. The molecular weight excluding hydrogens is 334 g/mol. The summed E-state index contributed by atoms with van der Waals surface area (Å²) in [5.74, 6) is 1.91. The molecule has 1 aliphatic rings. The maximum Gasteiger partial charge on any atom is 0.223 e. The van der Waals surface area contributed by atoms with E-state index in [0.29, 0.717) is 12.8 Å². The first-order chi connectivity index (χ1) is 13.3. The van der Waals surface area contributed by atoms with Crippen molar-refractivity contribution in [3.63, 3.8) is 0 Å². The normalized spacial score (nSPS) is 15.3. The minimum atomic E-state index is 0.261. The number of rotatable bonds is 6. The second-order valence-corrected chi connectivity index (χ2v) is 7.55. The van der Waals surface area contributed by atoms with E-state index < -0.39 is 0 Å². The van der Waals surface area contributed by atoms with Crippen LogP contribution in [0.15, 0.2) is 54.6 Å². The number of aryl methyl sites for hydroxylation is 2. The molecule has 1 aliphatic heterocycles. The van der Waals surface area contributed by atoms with Crippen molar-refractivity contribution in [2.75, 3.05) is 13.1 Å². The fraction of sp³-hybridized carbons (Fsp3) is 0.391. The first-order valence-electron chi connectivity index (χ1n) is 10.0. The van der Waals surface area contributed by atoms with E-state index in [0.717, 1.165) is 55.1 Å². The van der Waals surface area contributed by atoms with Crippen LogP contribution in [0.3, 0.4) is 0 Å². The number of nitrogens with one attached hydrogen (secondary N) is 1. The Morgan fingerprint density at radius 3 is 2.52 bits per heavy atom. The minimum Gasteiger partial charge on any atom is -0.343 e. The zero-order valence-corrected chi connectivity index (χ0v) is 15.7. The van der Waals surface area contributed by atoms with Crippen LogP contribution in [0.25, 0.3) is 11.0 Å². The van der Waals surface area contributed by atoms with Gasteiger partial charge >= 0.3 is 0 Å². The number of piperidine rings is 1. The summed E-state index contributed by atoms with van der Waals surface area (Å²) < 4.78 is 0. The van der Waals surface area contributed by atoms with Crippen molar-refractivity contribution < 1.29 is 4.79 Å². The van der Waals surface area contributed by atoms with Gasteiger partial charge in [-0.3, -0.25) is 4.79 Å². The Balaban J connectivity index is 1.21. The molecule has 0 bridgehead atoms. The van der Waals surface area contributed by atoms with E-state index >= 15 is 0 Å². The third-order valence-electron chi connectivity index (χ3n) is 5.67. The molecule has 0 radical (unpaired) electrons. The highest BCUT2D eigenvalue weighted by atomic mass is 16.2. The van der Waals surface area contributed by atoms with Gasteiger partial charge in [0.1, 0.15) is 5.82 Å². The van der Waals surface area contributed by atoms with E-state index in [1.165, 1.54) is 12.0 Å². The molecule has 0 atom stereocenters. The molecule has 1 fully saturated rings. The largest absolute Gasteiger partial charge is 0.343 e. The zero-order chi connectivity index (χ0) is 18.5. The van der Waals surface area contributed by atoms with Crippen LogP contribution < -0.4 is 0 Å². The Bertz CT molecular complexity index is 846. The molecule has 140 valence electrons. The van der Waals surface area contributed by atoms with E-state index in [9.17, 15) is 4.79 Å². The molecule has 4 heteroatoms. The summed E-state index contributed by atoms with van der Waals surface area (Å²) >= 11 is 0. The Hall–Kier alpha value is -2.62. The van der Waals surface area contributed by atoms with Gasteiger partial charge in [-0.2, -0.15) is 0 Å². The highest BCUT2D eigenvalue weighted by molar-refractivity contribution is 5.77. The molecule has 0 saturated carbocycles. The van der Waals surface area contributed by atoms with Crippen LogP contribution in [0.1, 0.15) is 37.1 Å². The van der Waals surface area contributed by atoms with Crippen molar-refractivity contribution >= 4 is 16.9 Å². The number of H-pyrrole nitrogens is 1. The van der Waals surface area contributed by atoms with Gasteiger partial charge < -0.3 is 9.88 Å². The highest BCUT2D eigenvalue weighted by Crippen LogP contribution is 2.23. The maximum absolute atomic E-state index is 12.6. The number of fused-ring (bicyclic) bond motifs is 1. The number of carbonyl (C=O) groups is 1. The fourth-order valence-corrected chi connectivity index (χ4v) is 3.99. The average molecular weight is 361 g/mol. The summed E-state index contributed by atoms with van der Waals surface area (Å²) in [5, 5.41) is 0. The number of hydrogen-bond donors (Lipinski definition) is 1. The van der Waals surface area contributed by atoms with Gasteiger partial charge in [-0.25, -0.2) is 4.98 Å². The molecule has 1 saturated heterocycles. The molecule has 3 aromatic rings. The third kappa shape index (κ3) is 4.57. The van der Waals surface area contributed by atoms with Crippen LogP contribution in [0.4, 0.5) is 0 Å². The smallest absolute Gasteiger partial charge is 0.223 e. The Labute approximate surface area is 160 Å². The number of aromatic nitrogens is 2. The summed E-state index contributed by atoms with van der Waals surface area (Å²) in [7, 11) is 0. The van der Waals surface area contributed by atoms with Crippen LogP contribution in [0.2, 0.25) is 0 Å². The minimum absolute atomic E-state index is 0.261. The quantitative estimate of drug-likeness (QED) is 0.709. The van der Waals surface area contributed by atoms with Gasteiger partial charge in [0.2, 0.25) is 5.91 Å². The van der Waals surface area contributed by atoms with Crippen molar-refractivity contribution in [2.24, 2.45) is 5.92 Å². The fourth-order valence-electron chi connectivity index (χ4n) is 3.99. The molecule has 4 rings (SSSR count). The number of aromatic amines is 1. The number of benzene rings is 2. The molecule has 1 N–H and O–H groups in total. The van der Waals surface area contributed by atoms with Gasteiger partial charge in [0, 0.05) is 25.9 Å². The second-order valence-electron chi connectivity index (χ2n) is 7.55. The topological polar surface area (TPSA) is 49.0 Å². The van der Waals surface area contributed by atoms with Crippen molar-refractivity contribution in [2.45, 2.75) is 38.5 Å². The monoisotopic (exact) mass is 361 g/mol. The number of nitrogens with zero attached hydrogens (tertiary/aromatic N) is 2. The summed E-state index contributed by atoms with van der Waals surface area (Å²) in [4.78, 5) is 22.5. The molecule has 1 amide bonds. The SMILES string of the molecule is O=C(CCc1nc2ccccc2[nH]1)N1CCC(CCc2ccccc2)CC1. The predicted octanol–water partition coefficient (Wildman–Crippen LogP) is 4.37. The van der Waals surface area contributed by atoms with Crippen LogP contribution >= 0.6 is 0 Å². The van der Waals surface area contributed by atoms with Gasteiger partial charge in [0.05, 0.1) is 11.0 Å². The van der Waals surface area contributed by atoms with E-state index in [1.807, 2.05) is 29.2 Å². The summed E-state index contributed by atoms with van der Waals surface area (Å²) in [6.45, 7) is 1.80. The molecule has 0 unspecified atom stereocenters. The van der Waals surface area contributed by atoms with Crippen molar-refractivity contribution in [3.05, 3.63) is 66.0 Å². The lowest BCUT2D eigenvalue weighted by atomic mass is 9.90. The molecule has 1 aromatic heterocycles. The molecule has 2 heterocycles. The first-order valence-corrected chi connectivity index (χ1v) is 10.0.